The molecular formula is C17H19BrCl2N4O. The molecule has 0 bridgehead atoms. The van der Waals surface area contributed by atoms with Gasteiger partial charge in [-0.2, -0.15) is 5.10 Å². The van der Waals surface area contributed by atoms with Gasteiger partial charge in [0, 0.05) is 51.9 Å². The third-order valence-electron chi connectivity index (χ3n) is 4.27. The van der Waals surface area contributed by atoms with Crippen LogP contribution in [-0.4, -0.2) is 51.7 Å². The number of rotatable bonds is 5. The predicted octanol–water partition coefficient (Wildman–Crippen LogP) is 3.69. The van der Waals surface area contributed by atoms with Gasteiger partial charge in [-0.1, -0.05) is 29.3 Å². The highest BCUT2D eigenvalue weighted by atomic mass is 79.9. The molecule has 1 aromatic carbocycles. The Balaban J connectivity index is 1.44. The van der Waals surface area contributed by atoms with E-state index in [2.05, 4.69) is 25.9 Å². The summed E-state index contributed by atoms with van der Waals surface area (Å²) < 4.78 is 2.71. The number of aryl methyl sites for hydroxylation is 1. The number of hydrogen-bond acceptors (Lipinski definition) is 3. The smallest absolute Gasteiger partial charge is 0.224 e. The molecule has 0 aliphatic carbocycles. The first-order valence-electron chi connectivity index (χ1n) is 8.13. The Morgan fingerprint density at radius 1 is 1.16 bits per heavy atom. The fraction of sp³-hybridized carbons (Fsp3) is 0.412. The lowest BCUT2D eigenvalue weighted by atomic mass is 10.2. The van der Waals surface area contributed by atoms with Crippen LogP contribution in [0.25, 0.3) is 0 Å². The van der Waals surface area contributed by atoms with Crippen molar-refractivity contribution in [1.82, 2.24) is 19.6 Å². The van der Waals surface area contributed by atoms with E-state index < -0.39 is 0 Å². The molecule has 1 saturated heterocycles. The van der Waals surface area contributed by atoms with Crippen molar-refractivity contribution in [2.24, 2.45) is 0 Å². The zero-order valence-electron chi connectivity index (χ0n) is 13.7. The normalized spacial score (nSPS) is 15.6. The number of amides is 1. The highest BCUT2D eigenvalue weighted by molar-refractivity contribution is 9.10. The summed E-state index contributed by atoms with van der Waals surface area (Å²) in [7, 11) is 0. The Bertz CT molecular complexity index is 744. The van der Waals surface area contributed by atoms with Gasteiger partial charge in [0.2, 0.25) is 5.91 Å². The molecule has 1 aliphatic heterocycles. The summed E-state index contributed by atoms with van der Waals surface area (Å²) in [5.74, 6) is 0.181. The second-order valence-corrected chi connectivity index (χ2v) is 7.81. The third-order valence-corrected chi connectivity index (χ3v) is 5.42. The monoisotopic (exact) mass is 444 g/mol. The molecule has 3 rings (SSSR count). The van der Waals surface area contributed by atoms with Crippen molar-refractivity contribution in [2.45, 2.75) is 19.5 Å². The highest BCUT2D eigenvalue weighted by Crippen LogP contribution is 2.23. The number of carbonyl (C=O) groups is 1. The molecule has 1 aromatic heterocycles. The van der Waals surface area contributed by atoms with Crippen molar-refractivity contribution in [3.63, 3.8) is 0 Å². The van der Waals surface area contributed by atoms with Gasteiger partial charge >= 0.3 is 0 Å². The molecule has 2 aromatic rings. The molecule has 8 heteroatoms. The van der Waals surface area contributed by atoms with Gasteiger partial charge in [-0.15, -0.1) is 0 Å². The molecular weight excluding hydrogens is 427 g/mol. The lowest BCUT2D eigenvalue weighted by molar-refractivity contribution is -0.133. The summed E-state index contributed by atoms with van der Waals surface area (Å²) >= 11 is 15.4. The second kappa shape index (κ2) is 8.54. The molecule has 2 heterocycles. The van der Waals surface area contributed by atoms with E-state index in [4.69, 9.17) is 23.2 Å². The largest absolute Gasteiger partial charge is 0.340 e. The van der Waals surface area contributed by atoms with Crippen LogP contribution in [0.4, 0.5) is 0 Å². The first-order valence-corrected chi connectivity index (χ1v) is 9.68. The Kier molecular flexibility index (Phi) is 6.39. The van der Waals surface area contributed by atoms with Crippen LogP contribution in [0, 0.1) is 0 Å². The number of carbonyl (C=O) groups excluding carboxylic acids is 1. The van der Waals surface area contributed by atoms with E-state index >= 15 is 0 Å². The van der Waals surface area contributed by atoms with Crippen molar-refractivity contribution in [3.05, 3.63) is 50.7 Å². The van der Waals surface area contributed by atoms with Crippen LogP contribution in [0.2, 0.25) is 10.0 Å². The Morgan fingerprint density at radius 2 is 1.92 bits per heavy atom. The van der Waals surface area contributed by atoms with Crippen LogP contribution in [0.1, 0.15) is 12.0 Å². The minimum atomic E-state index is 0.181. The fourth-order valence-electron chi connectivity index (χ4n) is 2.88. The van der Waals surface area contributed by atoms with Gasteiger partial charge in [-0.05, 0) is 33.6 Å². The van der Waals surface area contributed by atoms with Gasteiger partial charge in [0.15, 0.2) is 0 Å². The van der Waals surface area contributed by atoms with Crippen molar-refractivity contribution < 1.29 is 4.79 Å². The molecule has 134 valence electrons. The molecule has 1 amide bonds. The molecule has 5 nitrogen and oxygen atoms in total. The number of benzene rings is 1. The zero-order valence-corrected chi connectivity index (χ0v) is 16.8. The van der Waals surface area contributed by atoms with E-state index in [1.807, 2.05) is 29.3 Å². The number of piperazine rings is 1. The van der Waals surface area contributed by atoms with Crippen LogP contribution >= 0.6 is 39.1 Å². The maximum Gasteiger partial charge on any atom is 0.224 e. The van der Waals surface area contributed by atoms with Crippen LogP contribution in [0.15, 0.2) is 35.1 Å². The lowest BCUT2D eigenvalue weighted by Crippen LogP contribution is -2.48. The summed E-state index contributed by atoms with van der Waals surface area (Å²) in [6, 6.07) is 5.73. The fourth-order valence-corrected chi connectivity index (χ4v) is 3.53. The van der Waals surface area contributed by atoms with Crippen LogP contribution in [-0.2, 0) is 17.9 Å². The Hall–Kier alpha value is -1.08. The van der Waals surface area contributed by atoms with Crippen LogP contribution in [0.5, 0.6) is 0 Å². The van der Waals surface area contributed by atoms with Gasteiger partial charge in [0.25, 0.3) is 0 Å². The van der Waals surface area contributed by atoms with Crippen LogP contribution < -0.4 is 0 Å². The van der Waals surface area contributed by atoms with E-state index in [0.29, 0.717) is 23.0 Å². The second-order valence-electron chi connectivity index (χ2n) is 6.08. The molecule has 0 spiro atoms. The third kappa shape index (κ3) is 5.20. The van der Waals surface area contributed by atoms with Crippen molar-refractivity contribution >= 4 is 45.0 Å². The summed E-state index contributed by atoms with van der Waals surface area (Å²) in [6.45, 7) is 4.65. The van der Waals surface area contributed by atoms with Gasteiger partial charge in [0.1, 0.15) is 0 Å². The van der Waals surface area contributed by atoms with Crippen molar-refractivity contribution in [2.75, 3.05) is 26.2 Å². The minimum Gasteiger partial charge on any atom is -0.340 e. The first-order chi connectivity index (χ1) is 12.0. The van der Waals surface area contributed by atoms with Crippen molar-refractivity contribution in [1.29, 1.82) is 0 Å². The molecule has 0 unspecified atom stereocenters. The predicted molar refractivity (Wildman–Crippen MR) is 103 cm³/mol. The SMILES string of the molecule is O=C(CCn1cc(Br)cn1)N1CCN(Cc2ccc(Cl)c(Cl)c2)CC1. The van der Waals surface area contributed by atoms with Gasteiger partial charge < -0.3 is 4.90 Å². The number of hydrogen-bond donors (Lipinski definition) is 0. The molecule has 25 heavy (non-hydrogen) atoms. The van der Waals surface area contributed by atoms with Crippen molar-refractivity contribution in [3.8, 4) is 0 Å². The number of halogens is 3. The molecule has 0 radical (unpaired) electrons. The van der Waals surface area contributed by atoms with E-state index in [1.165, 1.54) is 0 Å². The highest BCUT2D eigenvalue weighted by Gasteiger charge is 2.21. The standard InChI is InChI=1S/C17H19BrCl2N4O/c18-14-10-21-24(12-14)4-3-17(25)23-7-5-22(6-8-23)11-13-1-2-15(19)16(20)9-13/h1-2,9-10,12H,3-8,11H2. The van der Waals surface area contributed by atoms with E-state index in [1.54, 1.807) is 10.9 Å². The quantitative estimate of drug-likeness (QED) is 0.704. The number of aromatic nitrogens is 2. The lowest BCUT2D eigenvalue weighted by Gasteiger charge is -2.34. The summed E-state index contributed by atoms with van der Waals surface area (Å²) in [6.07, 6.45) is 4.08. The van der Waals surface area contributed by atoms with Gasteiger partial charge in [0.05, 0.1) is 20.7 Å². The average Bonchev–Trinajstić information content (AvgIpc) is 3.02. The maximum absolute atomic E-state index is 12.3. The summed E-state index contributed by atoms with van der Waals surface area (Å²) in [4.78, 5) is 16.6. The van der Waals surface area contributed by atoms with E-state index in [-0.39, 0.29) is 5.91 Å². The Labute approximate surface area is 165 Å². The van der Waals surface area contributed by atoms with E-state index in [0.717, 1.165) is 42.8 Å². The number of nitrogens with zero attached hydrogens (tertiary/aromatic N) is 4. The van der Waals surface area contributed by atoms with Gasteiger partial charge in [-0.3, -0.25) is 14.4 Å². The zero-order chi connectivity index (χ0) is 17.8. The summed E-state index contributed by atoms with van der Waals surface area (Å²) in [5, 5.41) is 5.33. The molecule has 0 N–H and O–H groups in total. The molecule has 0 atom stereocenters. The maximum atomic E-state index is 12.3. The summed E-state index contributed by atoms with van der Waals surface area (Å²) in [5.41, 5.74) is 1.14. The van der Waals surface area contributed by atoms with Crippen LogP contribution in [0.3, 0.4) is 0 Å². The van der Waals surface area contributed by atoms with E-state index in [9.17, 15) is 4.79 Å². The minimum absolute atomic E-state index is 0.181. The molecule has 1 fully saturated rings. The Morgan fingerprint density at radius 3 is 2.56 bits per heavy atom. The first kappa shape index (κ1) is 18.7. The average molecular weight is 446 g/mol. The molecule has 0 saturated carbocycles. The van der Waals surface area contributed by atoms with Gasteiger partial charge in [-0.25, -0.2) is 0 Å². The molecule has 1 aliphatic rings. The topological polar surface area (TPSA) is 41.4 Å².